The van der Waals surface area contributed by atoms with Gasteiger partial charge in [-0.1, -0.05) is 25.0 Å². The summed E-state index contributed by atoms with van der Waals surface area (Å²) in [5.41, 5.74) is 0.524. The van der Waals surface area contributed by atoms with E-state index < -0.39 is 10.0 Å². The van der Waals surface area contributed by atoms with Gasteiger partial charge in [-0.2, -0.15) is 11.8 Å². The second-order valence-corrected chi connectivity index (χ2v) is 11.0. The van der Waals surface area contributed by atoms with Crippen LogP contribution in [0, 0.1) is 0 Å². The molecule has 2 fully saturated rings. The number of carbonyl (C=O) groups is 2. The number of amides is 1. The highest BCUT2D eigenvalue weighted by Gasteiger charge is 2.40. The van der Waals surface area contributed by atoms with Crippen molar-refractivity contribution in [1.29, 1.82) is 0 Å². The number of ketones is 1. The van der Waals surface area contributed by atoms with E-state index in [-0.39, 0.29) is 35.1 Å². The zero-order chi connectivity index (χ0) is 21.6. The molecule has 1 saturated carbocycles. The predicted molar refractivity (Wildman–Crippen MR) is 119 cm³/mol. The molecule has 166 valence electrons. The van der Waals surface area contributed by atoms with Crippen LogP contribution < -0.4 is 10.0 Å². The van der Waals surface area contributed by atoms with Crippen LogP contribution >= 0.6 is 11.8 Å². The largest absolute Gasteiger partial charge is 0.354 e. The zero-order valence-corrected chi connectivity index (χ0v) is 19.1. The Morgan fingerprint density at radius 3 is 2.33 bits per heavy atom. The van der Waals surface area contributed by atoms with Gasteiger partial charge in [0.2, 0.25) is 15.9 Å². The van der Waals surface area contributed by atoms with Gasteiger partial charge in [0.05, 0.1) is 4.90 Å². The van der Waals surface area contributed by atoms with E-state index in [4.69, 9.17) is 0 Å². The molecule has 0 atom stereocenters. The molecule has 0 unspecified atom stereocenters. The molecule has 2 aliphatic rings. The highest BCUT2D eigenvalue weighted by molar-refractivity contribution is 7.99. The molecule has 1 aromatic rings. The highest BCUT2D eigenvalue weighted by Crippen LogP contribution is 2.36. The van der Waals surface area contributed by atoms with Crippen LogP contribution in [0.4, 0.5) is 0 Å². The highest BCUT2D eigenvalue weighted by atomic mass is 32.2. The number of hydrogen-bond acceptors (Lipinski definition) is 6. The maximum Gasteiger partial charge on any atom is 0.240 e. The summed E-state index contributed by atoms with van der Waals surface area (Å²) in [6.45, 7) is 4.25. The number of hydrogen-bond donors (Lipinski definition) is 2. The van der Waals surface area contributed by atoms with Crippen LogP contribution in [0.3, 0.4) is 0 Å². The number of nitrogens with one attached hydrogen (secondary N) is 2. The van der Waals surface area contributed by atoms with Crippen molar-refractivity contribution in [3.63, 3.8) is 0 Å². The Morgan fingerprint density at radius 1 is 1.10 bits per heavy atom. The topological polar surface area (TPSA) is 95.6 Å². The van der Waals surface area contributed by atoms with E-state index in [9.17, 15) is 18.0 Å². The lowest BCUT2D eigenvalue weighted by Gasteiger charge is -2.43. The van der Waals surface area contributed by atoms with Crippen LogP contribution in [0.5, 0.6) is 0 Å². The van der Waals surface area contributed by atoms with Crippen molar-refractivity contribution in [2.24, 2.45) is 0 Å². The first-order chi connectivity index (χ1) is 14.3. The van der Waals surface area contributed by atoms with Gasteiger partial charge < -0.3 is 5.32 Å². The number of sulfonamides is 1. The summed E-state index contributed by atoms with van der Waals surface area (Å²) < 4.78 is 27.2. The molecule has 7 nitrogen and oxygen atoms in total. The number of nitrogens with zero attached hydrogens (tertiary/aromatic N) is 1. The van der Waals surface area contributed by atoms with Crippen molar-refractivity contribution in [3.05, 3.63) is 29.8 Å². The Labute approximate surface area is 183 Å². The fourth-order valence-corrected chi connectivity index (χ4v) is 6.21. The van der Waals surface area contributed by atoms with Crippen molar-refractivity contribution in [2.45, 2.75) is 49.5 Å². The van der Waals surface area contributed by atoms with Crippen LogP contribution in [0.1, 0.15) is 49.4 Å². The molecule has 1 aromatic carbocycles. The quantitative estimate of drug-likeness (QED) is 0.556. The maximum absolute atomic E-state index is 12.4. The lowest BCUT2D eigenvalue weighted by molar-refractivity contribution is -0.121. The number of Topliss-reactive ketones (excluding diaryl/α,β-unsaturated/α-hetero) is 1. The number of rotatable bonds is 9. The molecule has 1 aliphatic carbocycles. The lowest BCUT2D eigenvalue weighted by atomic mass is 9.94. The smallest absolute Gasteiger partial charge is 0.240 e. The van der Waals surface area contributed by atoms with Crippen LogP contribution in [-0.2, 0) is 14.8 Å². The standard InChI is InChI=1S/C21H31N3O4S2/c1-17(25)18-4-6-19(7-5-18)30(27,28)23-11-8-20(26)22-16-21(9-2-3-10-21)24-12-14-29-15-13-24/h4-7,23H,2-3,8-16H2,1H3,(H,22,26). The molecule has 1 heterocycles. The second kappa shape index (κ2) is 10.3. The molecule has 2 N–H and O–H groups in total. The molecule has 0 radical (unpaired) electrons. The van der Waals surface area contributed by atoms with Crippen molar-refractivity contribution in [3.8, 4) is 0 Å². The summed E-state index contributed by atoms with van der Waals surface area (Å²) in [4.78, 5) is 26.3. The van der Waals surface area contributed by atoms with E-state index in [2.05, 4.69) is 14.9 Å². The summed E-state index contributed by atoms with van der Waals surface area (Å²) in [5, 5.41) is 3.05. The van der Waals surface area contributed by atoms with Crippen molar-refractivity contribution in [1.82, 2.24) is 14.9 Å². The maximum atomic E-state index is 12.4. The molecule has 3 rings (SSSR count). The third kappa shape index (κ3) is 5.84. The normalized spacial score (nSPS) is 19.5. The lowest BCUT2D eigenvalue weighted by Crippen LogP contribution is -2.56. The third-order valence-corrected chi connectivity index (χ3v) is 8.47. The van der Waals surface area contributed by atoms with E-state index in [1.165, 1.54) is 44.0 Å². The van der Waals surface area contributed by atoms with Gasteiger partial charge in [0.25, 0.3) is 0 Å². The van der Waals surface area contributed by atoms with E-state index in [0.717, 1.165) is 37.4 Å². The average molecular weight is 454 g/mol. The summed E-state index contributed by atoms with van der Waals surface area (Å²) in [5.74, 6) is 2.03. The van der Waals surface area contributed by atoms with Gasteiger partial charge in [0.15, 0.2) is 5.78 Å². The van der Waals surface area contributed by atoms with Gasteiger partial charge in [-0.05, 0) is 31.9 Å². The molecule has 0 aromatic heterocycles. The monoisotopic (exact) mass is 453 g/mol. The Morgan fingerprint density at radius 2 is 1.73 bits per heavy atom. The SMILES string of the molecule is CC(=O)c1ccc(S(=O)(=O)NCCC(=O)NCC2(N3CCSCC3)CCCC2)cc1. The van der Waals surface area contributed by atoms with E-state index in [0.29, 0.717) is 12.1 Å². The minimum absolute atomic E-state index is 0.0377. The fourth-order valence-electron chi connectivity index (χ4n) is 4.28. The molecule has 9 heteroatoms. The summed E-state index contributed by atoms with van der Waals surface area (Å²) in [6.07, 6.45) is 4.71. The zero-order valence-electron chi connectivity index (χ0n) is 17.5. The summed E-state index contributed by atoms with van der Waals surface area (Å²) >= 11 is 1.98. The average Bonchev–Trinajstić information content (AvgIpc) is 3.23. The molecule has 0 spiro atoms. The first-order valence-electron chi connectivity index (χ1n) is 10.5. The van der Waals surface area contributed by atoms with Gasteiger partial charge in [-0.25, -0.2) is 13.1 Å². The second-order valence-electron chi connectivity index (χ2n) is 8.04. The minimum Gasteiger partial charge on any atom is -0.354 e. The van der Waals surface area contributed by atoms with Gasteiger partial charge in [0, 0.05) is 55.2 Å². The van der Waals surface area contributed by atoms with Gasteiger partial charge in [0.1, 0.15) is 0 Å². The third-order valence-electron chi connectivity index (χ3n) is 6.05. The first-order valence-corrected chi connectivity index (χ1v) is 13.2. The van der Waals surface area contributed by atoms with E-state index in [1.54, 1.807) is 0 Å². The molecule has 0 bridgehead atoms. The molecule has 1 aliphatic heterocycles. The van der Waals surface area contributed by atoms with Crippen LogP contribution in [0.15, 0.2) is 29.2 Å². The first kappa shape index (κ1) is 23.2. The van der Waals surface area contributed by atoms with Gasteiger partial charge >= 0.3 is 0 Å². The summed E-state index contributed by atoms with van der Waals surface area (Å²) in [6, 6.07) is 5.79. The predicted octanol–water partition coefficient (Wildman–Crippen LogP) is 2.04. The van der Waals surface area contributed by atoms with E-state index >= 15 is 0 Å². The van der Waals surface area contributed by atoms with Crippen molar-refractivity contribution in [2.75, 3.05) is 37.7 Å². The molecule has 1 saturated heterocycles. The molecular weight excluding hydrogens is 422 g/mol. The van der Waals surface area contributed by atoms with Crippen LogP contribution in [0.2, 0.25) is 0 Å². The minimum atomic E-state index is -3.71. The van der Waals surface area contributed by atoms with Gasteiger partial charge in [-0.15, -0.1) is 0 Å². The van der Waals surface area contributed by atoms with Gasteiger partial charge in [-0.3, -0.25) is 14.5 Å². The molecule has 1 amide bonds. The van der Waals surface area contributed by atoms with Crippen LogP contribution in [0.25, 0.3) is 0 Å². The van der Waals surface area contributed by atoms with E-state index in [1.807, 2.05) is 11.8 Å². The van der Waals surface area contributed by atoms with Crippen molar-refractivity contribution < 1.29 is 18.0 Å². The molecular formula is C21H31N3O4S2. The Bertz CT molecular complexity index is 844. The fraction of sp³-hybridized carbons (Fsp3) is 0.619. The number of carbonyl (C=O) groups excluding carboxylic acids is 2. The number of thioether (sulfide) groups is 1. The van der Waals surface area contributed by atoms with Crippen LogP contribution in [-0.4, -0.2) is 68.2 Å². The van der Waals surface area contributed by atoms with Crippen molar-refractivity contribution >= 4 is 33.5 Å². The Kier molecular flexibility index (Phi) is 7.95. The Balaban J connectivity index is 1.47. The Hall–Kier alpha value is -1.42. The molecule has 30 heavy (non-hydrogen) atoms. The summed E-state index contributed by atoms with van der Waals surface area (Å²) in [7, 11) is -3.71. The number of benzene rings is 1.